The minimum atomic E-state index is -1.67. The fourth-order valence-electron chi connectivity index (χ4n) is 1.88. The summed E-state index contributed by atoms with van der Waals surface area (Å²) in [7, 11) is 0. The van der Waals surface area contributed by atoms with Crippen LogP contribution in [0.5, 0.6) is 0 Å². The predicted molar refractivity (Wildman–Crippen MR) is 67.3 cm³/mol. The molecule has 0 saturated heterocycles. The summed E-state index contributed by atoms with van der Waals surface area (Å²) < 4.78 is 52.8. The zero-order valence-corrected chi connectivity index (χ0v) is 10.6. The number of rotatable bonds is 4. The minimum Gasteiger partial charge on any atom is -0.377 e. The lowest BCUT2D eigenvalue weighted by molar-refractivity contribution is 0.409. The van der Waals surface area contributed by atoms with Gasteiger partial charge in [0.05, 0.1) is 0 Å². The van der Waals surface area contributed by atoms with Crippen LogP contribution in [0.1, 0.15) is 12.5 Å². The number of nitrogens with one attached hydrogen (secondary N) is 1. The van der Waals surface area contributed by atoms with Crippen molar-refractivity contribution in [2.24, 2.45) is 0 Å². The van der Waals surface area contributed by atoms with Crippen molar-refractivity contribution in [3.63, 3.8) is 0 Å². The van der Waals surface area contributed by atoms with Crippen molar-refractivity contribution in [3.05, 3.63) is 59.4 Å². The van der Waals surface area contributed by atoms with Crippen LogP contribution in [0.4, 0.5) is 23.2 Å². The summed E-state index contributed by atoms with van der Waals surface area (Å²) in [4.78, 5) is 2.50. The molecule has 106 valence electrons. The number of anilines is 1. The van der Waals surface area contributed by atoms with Crippen LogP contribution in [0, 0.1) is 23.5 Å². The smallest absolute Gasteiger partial charge is 0.253 e. The lowest BCUT2D eigenvalue weighted by Gasteiger charge is -2.16. The van der Waals surface area contributed by atoms with Crippen LogP contribution in [0.2, 0.25) is 0 Å². The van der Waals surface area contributed by atoms with Crippen molar-refractivity contribution in [2.75, 3.05) is 5.32 Å². The quantitative estimate of drug-likeness (QED) is 0.684. The van der Waals surface area contributed by atoms with Crippen molar-refractivity contribution in [1.29, 1.82) is 0 Å². The van der Waals surface area contributed by atoms with Crippen LogP contribution in [0.15, 0.2) is 30.3 Å². The summed E-state index contributed by atoms with van der Waals surface area (Å²) >= 11 is 0. The molecular formula is C14H12F4N2. The number of aromatic nitrogens is 1. The molecule has 0 bridgehead atoms. The van der Waals surface area contributed by atoms with E-state index in [0.29, 0.717) is 6.42 Å². The predicted octanol–water partition coefficient (Wildman–Crippen LogP) is 3.68. The summed E-state index contributed by atoms with van der Waals surface area (Å²) in [5.74, 6) is -6.38. The first-order chi connectivity index (χ1) is 9.49. The van der Waals surface area contributed by atoms with E-state index in [1.54, 1.807) is 6.92 Å². The molecule has 2 aromatic rings. The van der Waals surface area contributed by atoms with Gasteiger partial charge in [0, 0.05) is 6.04 Å². The molecule has 1 heterocycles. The van der Waals surface area contributed by atoms with Crippen molar-refractivity contribution in [1.82, 2.24) is 4.98 Å². The van der Waals surface area contributed by atoms with Crippen molar-refractivity contribution >= 4 is 5.69 Å². The molecule has 2 nitrogen and oxygen atoms in total. The van der Waals surface area contributed by atoms with E-state index in [1.807, 2.05) is 30.3 Å². The third kappa shape index (κ3) is 3.07. The second kappa shape index (κ2) is 5.90. The molecule has 0 saturated carbocycles. The van der Waals surface area contributed by atoms with E-state index in [0.717, 1.165) is 5.56 Å². The summed E-state index contributed by atoms with van der Waals surface area (Å²) in [6, 6.07) is 8.78. The van der Waals surface area contributed by atoms with Crippen LogP contribution >= 0.6 is 0 Å². The van der Waals surface area contributed by atoms with Crippen LogP contribution in [0.25, 0.3) is 0 Å². The van der Waals surface area contributed by atoms with Gasteiger partial charge in [-0.1, -0.05) is 30.3 Å². The highest BCUT2D eigenvalue weighted by molar-refractivity contribution is 5.46. The number of pyridine rings is 1. The van der Waals surface area contributed by atoms with Gasteiger partial charge in [-0.25, -0.2) is 0 Å². The van der Waals surface area contributed by atoms with E-state index in [4.69, 9.17) is 0 Å². The van der Waals surface area contributed by atoms with Crippen LogP contribution in [-0.4, -0.2) is 11.0 Å². The Labute approximate surface area is 113 Å². The Morgan fingerprint density at radius 3 is 2.10 bits per heavy atom. The van der Waals surface area contributed by atoms with E-state index < -0.39 is 35.3 Å². The molecule has 1 N–H and O–H groups in total. The van der Waals surface area contributed by atoms with Crippen LogP contribution in [-0.2, 0) is 6.42 Å². The average Bonchev–Trinajstić information content (AvgIpc) is 2.42. The highest BCUT2D eigenvalue weighted by atomic mass is 19.2. The topological polar surface area (TPSA) is 24.9 Å². The maximum Gasteiger partial charge on any atom is 0.253 e. The number of halogens is 4. The van der Waals surface area contributed by atoms with E-state index in [9.17, 15) is 17.6 Å². The molecule has 20 heavy (non-hydrogen) atoms. The normalized spacial score (nSPS) is 12.2. The molecule has 1 aromatic carbocycles. The van der Waals surface area contributed by atoms with Gasteiger partial charge in [0.25, 0.3) is 11.9 Å². The van der Waals surface area contributed by atoms with Crippen molar-refractivity contribution in [2.45, 2.75) is 19.4 Å². The highest BCUT2D eigenvalue weighted by Crippen LogP contribution is 2.23. The molecule has 0 aliphatic rings. The Bertz CT molecular complexity index is 576. The Morgan fingerprint density at radius 2 is 1.55 bits per heavy atom. The maximum absolute atomic E-state index is 13.4. The lowest BCUT2D eigenvalue weighted by atomic mass is 10.1. The van der Waals surface area contributed by atoms with Gasteiger partial charge in [0.1, 0.15) is 5.69 Å². The molecule has 1 unspecified atom stereocenters. The molecule has 1 aromatic heterocycles. The average molecular weight is 284 g/mol. The first-order valence-corrected chi connectivity index (χ1v) is 5.99. The van der Waals surface area contributed by atoms with E-state index in [2.05, 4.69) is 10.3 Å². The summed E-state index contributed by atoms with van der Waals surface area (Å²) in [5, 5.41) is 2.44. The molecule has 0 aliphatic heterocycles. The fraction of sp³-hybridized carbons (Fsp3) is 0.214. The summed E-state index contributed by atoms with van der Waals surface area (Å²) in [6.45, 7) is 1.65. The van der Waals surface area contributed by atoms with Crippen LogP contribution in [0.3, 0.4) is 0 Å². The first-order valence-electron chi connectivity index (χ1n) is 5.99. The fourth-order valence-corrected chi connectivity index (χ4v) is 1.88. The second-order valence-electron chi connectivity index (χ2n) is 4.43. The van der Waals surface area contributed by atoms with Gasteiger partial charge in [-0.3, -0.25) is 0 Å². The minimum absolute atomic E-state index is 0.414. The van der Waals surface area contributed by atoms with Gasteiger partial charge in [0.2, 0.25) is 11.6 Å². The molecule has 0 fully saturated rings. The highest BCUT2D eigenvalue weighted by Gasteiger charge is 2.21. The number of hydrogen-bond acceptors (Lipinski definition) is 2. The van der Waals surface area contributed by atoms with Gasteiger partial charge < -0.3 is 5.32 Å². The molecular weight excluding hydrogens is 272 g/mol. The molecule has 0 radical (unpaired) electrons. The number of benzene rings is 1. The summed E-state index contributed by atoms with van der Waals surface area (Å²) in [6.07, 6.45) is 0.450. The van der Waals surface area contributed by atoms with Gasteiger partial charge in [-0.2, -0.15) is 22.5 Å². The SMILES string of the molecule is CC(Cc1ccccc1)Nc1c(F)c(F)nc(F)c1F. The zero-order chi connectivity index (χ0) is 14.7. The maximum atomic E-state index is 13.4. The Morgan fingerprint density at radius 1 is 1.00 bits per heavy atom. The third-order valence-corrected chi connectivity index (χ3v) is 2.77. The number of hydrogen-bond donors (Lipinski definition) is 1. The lowest BCUT2D eigenvalue weighted by Crippen LogP contribution is -2.21. The molecule has 6 heteroatoms. The third-order valence-electron chi connectivity index (χ3n) is 2.77. The molecule has 0 amide bonds. The van der Waals surface area contributed by atoms with Crippen molar-refractivity contribution in [3.8, 4) is 0 Å². The number of nitrogens with zero attached hydrogens (tertiary/aromatic N) is 1. The second-order valence-corrected chi connectivity index (χ2v) is 4.43. The van der Waals surface area contributed by atoms with Crippen molar-refractivity contribution < 1.29 is 17.6 Å². The van der Waals surface area contributed by atoms with Gasteiger partial charge in [-0.15, -0.1) is 0 Å². The van der Waals surface area contributed by atoms with Gasteiger partial charge in [-0.05, 0) is 18.9 Å². The molecule has 2 rings (SSSR count). The first kappa shape index (κ1) is 14.3. The molecule has 0 spiro atoms. The molecule has 0 aliphatic carbocycles. The van der Waals surface area contributed by atoms with E-state index >= 15 is 0 Å². The summed E-state index contributed by atoms with van der Waals surface area (Å²) in [5.41, 5.74) is 0.0988. The Hall–Kier alpha value is -2.11. The monoisotopic (exact) mass is 284 g/mol. The van der Waals surface area contributed by atoms with E-state index in [1.165, 1.54) is 0 Å². The van der Waals surface area contributed by atoms with Gasteiger partial charge >= 0.3 is 0 Å². The van der Waals surface area contributed by atoms with Crippen LogP contribution < -0.4 is 5.32 Å². The van der Waals surface area contributed by atoms with E-state index in [-0.39, 0.29) is 0 Å². The Kier molecular flexibility index (Phi) is 4.22. The zero-order valence-electron chi connectivity index (χ0n) is 10.6. The Balaban J connectivity index is 2.18. The largest absolute Gasteiger partial charge is 0.377 e. The molecule has 1 atom stereocenters. The standard InChI is InChI=1S/C14H12F4N2/c1-8(7-9-5-3-2-4-6-9)19-12-10(15)13(17)20-14(18)11(12)16/h2-6,8H,7H2,1H3,(H,19,20). The van der Waals surface area contributed by atoms with Gasteiger partial charge in [0.15, 0.2) is 0 Å².